The number of carbonyl (C=O) groups is 1. The number of nitrogens with zero attached hydrogens (tertiary/aromatic N) is 2. The highest BCUT2D eigenvalue weighted by Crippen LogP contribution is 2.24. The average molecular weight is 406 g/mol. The topological polar surface area (TPSA) is 78.8 Å². The van der Waals surface area contributed by atoms with Gasteiger partial charge in [-0.2, -0.15) is 5.10 Å². The zero-order valence-corrected chi connectivity index (χ0v) is 17.4. The number of benzene rings is 2. The zero-order valence-electron chi connectivity index (χ0n) is 15.8. The van der Waals surface area contributed by atoms with Crippen LogP contribution in [0.4, 0.5) is 5.69 Å². The smallest absolute Gasteiger partial charge is 0.260 e. The van der Waals surface area contributed by atoms with Crippen molar-refractivity contribution in [3.05, 3.63) is 59.2 Å². The van der Waals surface area contributed by atoms with Crippen LogP contribution < -0.4 is 9.73 Å². The molecule has 6 nitrogen and oxygen atoms in total. The van der Waals surface area contributed by atoms with Crippen LogP contribution >= 0.6 is 11.8 Å². The highest BCUT2D eigenvalue weighted by molar-refractivity contribution is 7.98. The minimum Gasteiger partial charge on any atom is -0.271 e. The van der Waals surface area contributed by atoms with Gasteiger partial charge in [0, 0.05) is 4.90 Å². The highest BCUT2D eigenvalue weighted by atomic mass is 32.2. The molecule has 27 heavy (non-hydrogen) atoms. The van der Waals surface area contributed by atoms with Gasteiger partial charge in [-0.1, -0.05) is 24.3 Å². The van der Waals surface area contributed by atoms with Gasteiger partial charge in [0.15, 0.2) is 0 Å². The van der Waals surface area contributed by atoms with Crippen molar-refractivity contribution in [1.29, 1.82) is 0 Å². The van der Waals surface area contributed by atoms with E-state index in [2.05, 4.69) is 10.5 Å². The Balaban J connectivity index is 2.10. The number of nitrogens with one attached hydrogen (secondary N) is 1. The lowest BCUT2D eigenvalue weighted by atomic mass is 10.1. The van der Waals surface area contributed by atoms with Crippen LogP contribution in [-0.4, -0.2) is 39.6 Å². The Labute approximate surface area is 164 Å². The summed E-state index contributed by atoms with van der Waals surface area (Å²) in [5.41, 5.74) is 5.48. The standard InChI is InChI=1S/C19H23N3O3S2/c1-14-6-5-7-18(15(14)2)22(27(4,24)25)13-19(23)21-20-12-16-8-10-17(26-3)11-9-16/h5-12H,13H2,1-4H3,(H,21,23)/b20-12-. The number of amides is 1. The van der Waals surface area contributed by atoms with E-state index in [4.69, 9.17) is 0 Å². The first kappa shape index (κ1) is 21.0. The van der Waals surface area contributed by atoms with Crippen LogP contribution in [0, 0.1) is 13.8 Å². The number of thioether (sulfide) groups is 1. The lowest BCUT2D eigenvalue weighted by molar-refractivity contribution is -0.119. The first-order valence-corrected chi connectivity index (χ1v) is 11.3. The molecule has 0 fully saturated rings. The molecule has 0 radical (unpaired) electrons. The van der Waals surface area contributed by atoms with Crippen molar-refractivity contribution in [2.45, 2.75) is 18.7 Å². The summed E-state index contributed by atoms with van der Waals surface area (Å²) in [4.78, 5) is 13.4. The predicted octanol–water partition coefficient (Wildman–Crippen LogP) is 2.94. The number of hydrogen-bond donors (Lipinski definition) is 1. The van der Waals surface area contributed by atoms with Gasteiger partial charge in [-0.3, -0.25) is 9.10 Å². The molecule has 0 aliphatic heterocycles. The summed E-state index contributed by atoms with van der Waals surface area (Å²) in [6, 6.07) is 13.0. The molecule has 2 rings (SSSR count). The minimum absolute atomic E-state index is 0.341. The Morgan fingerprint density at radius 2 is 1.85 bits per heavy atom. The molecular formula is C19H23N3O3S2. The van der Waals surface area contributed by atoms with Crippen LogP contribution in [0.2, 0.25) is 0 Å². The molecule has 2 aromatic carbocycles. The largest absolute Gasteiger partial charge is 0.271 e. The van der Waals surface area contributed by atoms with Crippen molar-refractivity contribution >= 4 is 39.6 Å². The molecule has 0 spiro atoms. The molecule has 0 aromatic heterocycles. The fourth-order valence-electron chi connectivity index (χ4n) is 2.42. The van der Waals surface area contributed by atoms with E-state index in [0.29, 0.717) is 5.69 Å². The maximum absolute atomic E-state index is 12.2. The quantitative estimate of drug-likeness (QED) is 0.436. The van der Waals surface area contributed by atoms with Gasteiger partial charge in [0.1, 0.15) is 6.54 Å². The Kier molecular flexibility index (Phi) is 7.04. The Bertz CT molecular complexity index is 939. The summed E-state index contributed by atoms with van der Waals surface area (Å²) in [6.07, 6.45) is 4.59. The molecule has 0 bridgehead atoms. The fraction of sp³-hybridized carbons (Fsp3) is 0.263. The van der Waals surface area contributed by atoms with Crippen molar-refractivity contribution < 1.29 is 13.2 Å². The minimum atomic E-state index is -3.62. The summed E-state index contributed by atoms with van der Waals surface area (Å²) in [5.74, 6) is -0.515. The van der Waals surface area contributed by atoms with Gasteiger partial charge < -0.3 is 0 Å². The van der Waals surface area contributed by atoms with E-state index in [1.54, 1.807) is 23.9 Å². The lowest BCUT2D eigenvalue weighted by Crippen LogP contribution is -2.39. The molecule has 0 unspecified atom stereocenters. The van der Waals surface area contributed by atoms with E-state index in [-0.39, 0.29) is 6.54 Å². The van der Waals surface area contributed by atoms with Crippen molar-refractivity contribution in [3.63, 3.8) is 0 Å². The van der Waals surface area contributed by atoms with Crippen LogP contribution in [-0.2, 0) is 14.8 Å². The van der Waals surface area contributed by atoms with Crippen molar-refractivity contribution in [1.82, 2.24) is 5.43 Å². The Hall–Kier alpha value is -2.32. The van der Waals surface area contributed by atoms with Gasteiger partial charge in [-0.15, -0.1) is 11.8 Å². The van der Waals surface area contributed by atoms with Gasteiger partial charge in [-0.05, 0) is 55.0 Å². The third kappa shape index (κ3) is 5.83. The van der Waals surface area contributed by atoms with Crippen LogP contribution in [0.5, 0.6) is 0 Å². The monoisotopic (exact) mass is 405 g/mol. The average Bonchev–Trinajstić information content (AvgIpc) is 2.62. The maximum Gasteiger partial charge on any atom is 0.260 e. The lowest BCUT2D eigenvalue weighted by Gasteiger charge is -2.23. The van der Waals surface area contributed by atoms with E-state index in [1.807, 2.05) is 50.4 Å². The Morgan fingerprint density at radius 3 is 2.44 bits per heavy atom. The molecule has 0 atom stereocenters. The third-order valence-corrected chi connectivity index (χ3v) is 5.92. The van der Waals surface area contributed by atoms with Crippen LogP contribution in [0.15, 0.2) is 52.5 Å². The molecule has 144 valence electrons. The van der Waals surface area contributed by atoms with Gasteiger partial charge in [-0.25, -0.2) is 13.8 Å². The predicted molar refractivity (Wildman–Crippen MR) is 112 cm³/mol. The summed E-state index contributed by atoms with van der Waals surface area (Å²) in [7, 11) is -3.62. The molecule has 0 saturated carbocycles. The van der Waals surface area contributed by atoms with Crippen molar-refractivity contribution in [2.75, 3.05) is 23.4 Å². The third-order valence-electron chi connectivity index (χ3n) is 4.05. The molecule has 1 N–H and O–H groups in total. The summed E-state index contributed by atoms with van der Waals surface area (Å²) in [6.45, 7) is 3.38. The summed E-state index contributed by atoms with van der Waals surface area (Å²) >= 11 is 1.64. The summed E-state index contributed by atoms with van der Waals surface area (Å²) < 4.78 is 25.5. The van der Waals surface area contributed by atoms with E-state index in [1.165, 1.54) is 6.21 Å². The van der Waals surface area contributed by atoms with Crippen LogP contribution in [0.3, 0.4) is 0 Å². The number of hydrogen-bond acceptors (Lipinski definition) is 5. The normalized spacial score (nSPS) is 11.6. The van der Waals surface area contributed by atoms with Gasteiger partial charge in [0.2, 0.25) is 10.0 Å². The van der Waals surface area contributed by atoms with E-state index in [9.17, 15) is 13.2 Å². The molecule has 0 heterocycles. The number of rotatable bonds is 7. The molecule has 8 heteroatoms. The van der Waals surface area contributed by atoms with Crippen LogP contribution in [0.25, 0.3) is 0 Å². The SMILES string of the molecule is CSc1ccc(/C=N\NC(=O)CN(c2cccc(C)c2C)S(C)(=O)=O)cc1. The molecule has 0 saturated heterocycles. The van der Waals surface area contributed by atoms with Crippen LogP contribution in [0.1, 0.15) is 16.7 Å². The molecule has 2 aromatic rings. The fourth-order valence-corrected chi connectivity index (χ4v) is 3.74. The first-order chi connectivity index (χ1) is 12.7. The number of carbonyl (C=O) groups excluding carboxylic acids is 1. The number of anilines is 1. The summed E-state index contributed by atoms with van der Waals surface area (Å²) in [5, 5.41) is 3.91. The maximum atomic E-state index is 12.2. The Morgan fingerprint density at radius 1 is 1.19 bits per heavy atom. The van der Waals surface area contributed by atoms with E-state index >= 15 is 0 Å². The molecule has 0 aliphatic rings. The molecule has 0 aliphatic carbocycles. The van der Waals surface area contributed by atoms with E-state index in [0.717, 1.165) is 32.1 Å². The van der Waals surface area contributed by atoms with Crippen molar-refractivity contribution in [3.8, 4) is 0 Å². The van der Waals surface area contributed by atoms with Gasteiger partial charge in [0.25, 0.3) is 5.91 Å². The van der Waals surface area contributed by atoms with E-state index < -0.39 is 15.9 Å². The second kappa shape index (κ2) is 9.05. The van der Waals surface area contributed by atoms with Gasteiger partial charge in [0.05, 0.1) is 18.2 Å². The molecule has 1 amide bonds. The second-order valence-electron chi connectivity index (χ2n) is 6.06. The zero-order chi connectivity index (χ0) is 20.0. The number of aryl methyl sites for hydroxylation is 1. The first-order valence-electron chi connectivity index (χ1n) is 8.22. The number of hydrazone groups is 1. The van der Waals surface area contributed by atoms with Gasteiger partial charge >= 0.3 is 0 Å². The number of sulfonamides is 1. The second-order valence-corrected chi connectivity index (χ2v) is 8.84. The highest BCUT2D eigenvalue weighted by Gasteiger charge is 2.22. The molecular weight excluding hydrogens is 382 g/mol. The van der Waals surface area contributed by atoms with Crippen molar-refractivity contribution in [2.24, 2.45) is 5.10 Å².